The Morgan fingerprint density at radius 3 is 2.08 bits per heavy atom. The van der Waals surface area contributed by atoms with Crippen LogP contribution in [-0.4, -0.2) is 0 Å². The number of hydrogen-bond acceptors (Lipinski definition) is 2. The van der Waals surface area contributed by atoms with Gasteiger partial charge in [0, 0.05) is 16.8 Å². The average Bonchev–Trinajstić information content (AvgIpc) is 2.87. The van der Waals surface area contributed by atoms with Crippen molar-refractivity contribution in [3.8, 4) is 0 Å². The fourth-order valence-electron chi connectivity index (χ4n) is 6.11. The van der Waals surface area contributed by atoms with Crippen molar-refractivity contribution >= 4 is 5.69 Å². The van der Waals surface area contributed by atoms with E-state index >= 15 is 0 Å². The van der Waals surface area contributed by atoms with Gasteiger partial charge in [-0.25, -0.2) is 0 Å². The molecule has 1 aromatic carbocycles. The number of nitrogen functional groups attached to an aromatic ring is 1. The summed E-state index contributed by atoms with van der Waals surface area (Å²) in [4.78, 5) is 0. The molecule has 0 aliphatic heterocycles. The van der Waals surface area contributed by atoms with Crippen molar-refractivity contribution in [1.29, 1.82) is 0 Å². The predicted octanol–water partition coefficient (Wildman–Crippen LogP) is 6.09. The molecule has 2 heteroatoms. The fourth-order valence-corrected chi connectivity index (χ4v) is 6.11. The molecule has 0 amide bonds. The number of nitrogens with two attached hydrogens (primary N) is 2. The zero-order valence-electron chi connectivity index (χ0n) is 16.9. The highest BCUT2D eigenvalue weighted by Gasteiger charge is 2.56. The van der Waals surface area contributed by atoms with Gasteiger partial charge in [-0.15, -0.1) is 0 Å². The standard InChI is InChI=1S/C24H36N2/c1-4-13-23(14-5-2)17-24(15-6-3,18-7-9-19(25)10-8-18)21-12-11-20(26)16-22(21)23/h7-12,22H,4-6,13-17,25-26H2,1-3H3. The van der Waals surface area contributed by atoms with E-state index in [1.165, 1.54) is 50.5 Å². The van der Waals surface area contributed by atoms with E-state index in [0.717, 1.165) is 17.8 Å². The first kappa shape index (κ1) is 19.1. The molecule has 4 N–H and O–H groups in total. The Balaban J connectivity index is 2.17. The van der Waals surface area contributed by atoms with Crippen molar-refractivity contribution in [1.82, 2.24) is 0 Å². The minimum absolute atomic E-state index is 0.147. The van der Waals surface area contributed by atoms with Crippen LogP contribution in [0.5, 0.6) is 0 Å². The van der Waals surface area contributed by atoms with Gasteiger partial charge in [0.25, 0.3) is 0 Å². The highest BCUT2D eigenvalue weighted by molar-refractivity contribution is 5.50. The first-order chi connectivity index (χ1) is 12.5. The molecule has 2 aliphatic carbocycles. The Bertz CT molecular complexity index is 677. The molecule has 1 saturated carbocycles. The molecule has 0 heterocycles. The van der Waals surface area contributed by atoms with E-state index in [4.69, 9.17) is 11.5 Å². The van der Waals surface area contributed by atoms with Gasteiger partial charge >= 0.3 is 0 Å². The maximum Gasteiger partial charge on any atom is 0.0314 e. The predicted molar refractivity (Wildman–Crippen MR) is 113 cm³/mol. The van der Waals surface area contributed by atoms with E-state index in [1.54, 1.807) is 5.57 Å². The highest BCUT2D eigenvalue weighted by atomic mass is 14.7. The lowest BCUT2D eigenvalue weighted by atomic mass is 9.68. The zero-order valence-corrected chi connectivity index (χ0v) is 16.9. The molecule has 0 bridgehead atoms. The normalized spacial score (nSPS) is 27.0. The van der Waals surface area contributed by atoms with Gasteiger partial charge in [0.1, 0.15) is 0 Å². The van der Waals surface area contributed by atoms with Crippen molar-refractivity contribution in [3.63, 3.8) is 0 Å². The third kappa shape index (κ3) is 3.08. The molecule has 26 heavy (non-hydrogen) atoms. The number of fused-ring (bicyclic) bond motifs is 1. The molecule has 2 unspecified atom stereocenters. The van der Waals surface area contributed by atoms with Gasteiger partial charge in [-0.2, -0.15) is 0 Å². The summed E-state index contributed by atoms with van der Waals surface area (Å²) < 4.78 is 0. The lowest BCUT2D eigenvalue weighted by molar-refractivity contribution is 0.160. The summed E-state index contributed by atoms with van der Waals surface area (Å²) in [6.45, 7) is 7.00. The van der Waals surface area contributed by atoms with E-state index in [1.807, 2.05) is 0 Å². The maximum absolute atomic E-state index is 6.33. The van der Waals surface area contributed by atoms with E-state index in [-0.39, 0.29) is 5.41 Å². The molecule has 0 saturated heterocycles. The Morgan fingerprint density at radius 2 is 1.50 bits per heavy atom. The van der Waals surface area contributed by atoms with E-state index in [0.29, 0.717) is 11.3 Å². The van der Waals surface area contributed by atoms with Crippen LogP contribution >= 0.6 is 0 Å². The van der Waals surface area contributed by atoms with Crippen LogP contribution in [0.2, 0.25) is 0 Å². The molecule has 142 valence electrons. The minimum Gasteiger partial charge on any atom is -0.402 e. The summed E-state index contributed by atoms with van der Waals surface area (Å²) in [6, 6.07) is 8.71. The molecule has 0 aromatic heterocycles. The van der Waals surface area contributed by atoms with Gasteiger partial charge in [0.15, 0.2) is 0 Å². The van der Waals surface area contributed by atoms with Crippen LogP contribution in [0.4, 0.5) is 5.69 Å². The van der Waals surface area contributed by atoms with Gasteiger partial charge in [0.2, 0.25) is 0 Å². The zero-order chi connectivity index (χ0) is 18.8. The van der Waals surface area contributed by atoms with E-state index in [2.05, 4.69) is 57.2 Å². The van der Waals surface area contributed by atoms with E-state index in [9.17, 15) is 0 Å². The van der Waals surface area contributed by atoms with E-state index < -0.39 is 0 Å². The monoisotopic (exact) mass is 352 g/mol. The molecule has 0 radical (unpaired) electrons. The number of anilines is 1. The van der Waals surface area contributed by atoms with Crippen LogP contribution in [0, 0.1) is 11.3 Å². The van der Waals surface area contributed by atoms with Crippen molar-refractivity contribution in [2.75, 3.05) is 5.73 Å². The van der Waals surface area contributed by atoms with Gasteiger partial charge in [0.05, 0.1) is 0 Å². The minimum atomic E-state index is 0.147. The van der Waals surface area contributed by atoms with Crippen LogP contribution in [-0.2, 0) is 5.41 Å². The van der Waals surface area contributed by atoms with Gasteiger partial charge in [-0.3, -0.25) is 0 Å². The largest absolute Gasteiger partial charge is 0.402 e. The van der Waals surface area contributed by atoms with Crippen molar-refractivity contribution in [3.05, 3.63) is 53.3 Å². The Morgan fingerprint density at radius 1 is 0.885 bits per heavy atom. The number of benzene rings is 1. The quantitative estimate of drug-likeness (QED) is 0.584. The second-order valence-electron chi connectivity index (χ2n) is 8.61. The third-order valence-corrected chi connectivity index (χ3v) is 6.87. The van der Waals surface area contributed by atoms with Crippen molar-refractivity contribution < 1.29 is 0 Å². The lowest BCUT2D eigenvalue weighted by Crippen LogP contribution is -2.28. The second kappa shape index (κ2) is 7.50. The van der Waals surface area contributed by atoms with Crippen LogP contribution in [0.15, 0.2) is 47.7 Å². The average molecular weight is 353 g/mol. The lowest BCUT2D eigenvalue weighted by Gasteiger charge is -2.37. The van der Waals surface area contributed by atoms with Crippen molar-refractivity contribution in [2.24, 2.45) is 17.1 Å². The molecule has 1 fully saturated rings. The van der Waals surface area contributed by atoms with Crippen LogP contribution in [0.3, 0.4) is 0 Å². The van der Waals surface area contributed by atoms with Gasteiger partial charge < -0.3 is 11.5 Å². The molecule has 1 aromatic rings. The summed E-state index contributed by atoms with van der Waals surface area (Å²) in [7, 11) is 0. The smallest absolute Gasteiger partial charge is 0.0314 e. The summed E-state index contributed by atoms with van der Waals surface area (Å²) in [5, 5.41) is 0. The molecular weight excluding hydrogens is 316 g/mol. The maximum atomic E-state index is 6.33. The van der Waals surface area contributed by atoms with Gasteiger partial charge in [-0.05, 0) is 67.2 Å². The molecule has 0 spiro atoms. The van der Waals surface area contributed by atoms with Crippen LogP contribution in [0.25, 0.3) is 0 Å². The molecule has 3 rings (SSSR count). The molecular formula is C24H36N2. The Labute approximate surface area is 159 Å². The Kier molecular flexibility index (Phi) is 5.50. The first-order valence-corrected chi connectivity index (χ1v) is 10.5. The summed E-state index contributed by atoms with van der Waals surface area (Å²) in [5.74, 6) is 0.594. The summed E-state index contributed by atoms with van der Waals surface area (Å²) >= 11 is 0. The molecule has 2 aliphatic rings. The third-order valence-electron chi connectivity index (χ3n) is 6.87. The number of allylic oxidation sites excluding steroid dienone is 4. The van der Waals surface area contributed by atoms with Gasteiger partial charge in [-0.1, -0.05) is 63.8 Å². The second-order valence-corrected chi connectivity index (χ2v) is 8.61. The topological polar surface area (TPSA) is 52.0 Å². The van der Waals surface area contributed by atoms with Crippen molar-refractivity contribution in [2.45, 2.75) is 77.6 Å². The first-order valence-electron chi connectivity index (χ1n) is 10.5. The summed E-state index contributed by atoms with van der Waals surface area (Å²) in [6.07, 6.45) is 14.3. The fraction of sp³-hybridized carbons (Fsp3) is 0.583. The SMILES string of the molecule is CCCC1(c2ccc(N)cc2)CC(CCC)(CCC)C2CC(N)=CC=C21. The van der Waals surface area contributed by atoms with Crippen LogP contribution in [0.1, 0.15) is 77.7 Å². The number of rotatable bonds is 7. The highest BCUT2D eigenvalue weighted by Crippen LogP contribution is 2.65. The number of hydrogen-bond donors (Lipinski definition) is 2. The summed E-state index contributed by atoms with van der Waals surface area (Å²) in [5.41, 5.74) is 17.9. The van der Waals surface area contributed by atoms with Crippen LogP contribution < -0.4 is 11.5 Å². The molecule has 2 nitrogen and oxygen atoms in total. The Hall–Kier alpha value is -1.70. The molecule has 2 atom stereocenters.